The van der Waals surface area contributed by atoms with Crippen LogP contribution < -0.4 is 0 Å². The topological polar surface area (TPSA) is 20.2 Å². The van der Waals surface area contributed by atoms with Gasteiger partial charge in [-0.25, -0.2) is 0 Å². The fourth-order valence-electron chi connectivity index (χ4n) is 1.14. The lowest BCUT2D eigenvalue weighted by atomic mass is 10.1. The normalized spacial score (nSPS) is 11.7. The van der Waals surface area contributed by atoms with Crippen LogP contribution in [0.25, 0.3) is 0 Å². The summed E-state index contributed by atoms with van der Waals surface area (Å²) in [6.45, 7) is 2.10. The van der Waals surface area contributed by atoms with Crippen molar-refractivity contribution in [1.29, 1.82) is 0 Å². The fourth-order valence-corrected chi connectivity index (χ4v) is 1.27. The van der Waals surface area contributed by atoms with Crippen LogP contribution >= 0.6 is 11.6 Å². The summed E-state index contributed by atoms with van der Waals surface area (Å²) >= 11 is 5.75. The minimum atomic E-state index is -0.602. The van der Waals surface area contributed by atoms with Gasteiger partial charge in [0.05, 0.1) is 0 Å². The molecule has 2 heteroatoms. The van der Waals surface area contributed by atoms with Crippen LogP contribution in [0.5, 0.6) is 0 Å². The number of hydrogen-bond donors (Lipinski definition) is 1. The molecule has 0 spiro atoms. The summed E-state index contributed by atoms with van der Waals surface area (Å²) < 4.78 is 0. The SMILES string of the molecule is CCCC=C=CC(O)c1ccc(Cl)cc1. The predicted molar refractivity (Wildman–Crippen MR) is 64.0 cm³/mol. The van der Waals surface area contributed by atoms with E-state index in [4.69, 9.17) is 11.6 Å². The van der Waals surface area contributed by atoms with Gasteiger partial charge in [-0.05, 0) is 36.3 Å². The number of rotatable bonds is 4. The molecule has 0 aliphatic rings. The standard InChI is InChI=1S/C13H15ClO/c1-2-3-4-5-6-13(15)11-7-9-12(14)10-8-11/h4,6-10,13,15H,2-3H2,1H3. The number of hydrogen-bond acceptors (Lipinski definition) is 1. The minimum Gasteiger partial charge on any atom is -0.384 e. The van der Waals surface area contributed by atoms with Gasteiger partial charge in [0.25, 0.3) is 0 Å². The van der Waals surface area contributed by atoms with Gasteiger partial charge in [-0.2, -0.15) is 0 Å². The van der Waals surface area contributed by atoms with E-state index < -0.39 is 6.10 Å². The van der Waals surface area contributed by atoms with Gasteiger partial charge >= 0.3 is 0 Å². The highest BCUT2D eigenvalue weighted by molar-refractivity contribution is 6.30. The van der Waals surface area contributed by atoms with Crippen LogP contribution in [0, 0.1) is 0 Å². The first kappa shape index (κ1) is 12.1. The lowest BCUT2D eigenvalue weighted by Gasteiger charge is -2.03. The van der Waals surface area contributed by atoms with E-state index >= 15 is 0 Å². The summed E-state index contributed by atoms with van der Waals surface area (Å²) in [5.41, 5.74) is 3.80. The van der Waals surface area contributed by atoms with Gasteiger partial charge in [-0.15, -0.1) is 5.73 Å². The molecule has 1 aromatic carbocycles. The van der Waals surface area contributed by atoms with E-state index in [-0.39, 0.29) is 0 Å². The number of halogens is 1. The van der Waals surface area contributed by atoms with E-state index in [2.05, 4.69) is 12.7 Å². The lowest BCUT2D eigenvalue weighted by molar-refractivity contribution is 0.229. The summed E-state index contributed by atoms with van der Waals surface area (Å²) in [6.07, 6.45) is 5.06. The van der Waals surface area contributed by atoms with E-state index in [1.807, 2.05) is 18.2 Å². The molecule has 15 heavy (non-hydrogen) atoms. The van der Waals surface area contributed by atoms with Gasteiger partial charge in [0, 0.05) is 5.02 Å². The molecular weight excluding hydrogens is 208 g/mol. The summed E-state index contributed by atoms with van der Waals surface area (Å²) in [5.74, 6) is 0. The fraction of sp³-hybridized carbons (Fsp3) is 0.308. The quantitative estimate of drug-likeness (QED) is 0.767. The largest absolute Gasteiger partial charge is 0.384 e. The van der Waals surface area contributed by atoms with E-state index in [1.165, 1.54) is 0 Å². The Bertz CT molecular complexity index is 347. The maximum absolute atomic E-state index is 9.73. The first-order valence-electron chi connectivity index (χ1n) is 5.08. The Hall–Kier alpha value is -1.01. The van der Waals surface area contributed by atoms with Crippen molar-refractivity contribution in [3.63, 3.8) is 0 Å². The zero-order valence-corrected chi connectivity index (χ0v) is 9.54. The molecule has 1 unspecified atom stereocenters. The Morgan fingerprint density at radius 3 is 2.67 bits per heavy atom. The summed E-state index contributed by atoms with van der Waals surface area (Å²) in [4.78, 5) is 0. The molecule has 80 valence electrons. The molecule has 0 aromatic heterocycles. The third kappa shape index (κ3) is 4.35. The van der Waals surface area contributed by atoms with Crippen LogP contribution in [0.4, 0.5) is 0 Å². The maximum atomic E-state index is 9.73. The molecule has 1 rings (SSSR count). The third-order valence-electron chi connectivity index (χ3n) is 2.02. The van der Waals surface area contributed by atoms with Gasteiger partial charge in [0.1, 0.15) is 6.10 Å². The molecule has 0 heterocycles. The molecule has 0 radical (unpaired) electrons. The van der Waals surface area contributed by atoms with E-state index in [1.54, 1.807) is 18.2 Å². The Kier molecular flexibility index (Phi) is 5.20. The highest BCUT2D eigenvalue weighted by Gasteiger charge is 2.01. The van der Waals surface area contributed by atoms with Crippen molar-refractivity contribution in [2.45, 2.75) is 25.9 Å². The van der Waals surface area contributed by atoms with Gasteiger partial charge in [-0.1, -0.05) is 37.1 Å². The van der Waals surface area contributed by atoms with Gasteiger partial charge < -0.3 is 5.11 Å². The molecule has 0 bridgehead atoms. The van der Waals surface area contributed by atoms with Crippen LogP contribution in [0.15, 0.2) is 42.1 Å². The van der Waals surface area contributed by atoms with Crippen LogP contribution in [-0.4, -0.2) is 5.11 Å². The van der Waals surface area contributed by atoms with Crippen LogP contribution in [0.3, 0.4) is 0 Å². The lowest BCUT2D eigenvalue weighted by Crippen LogP contribution is -1.91. The number of unbranched alkanes of at least 4 members (excludes halogenated alkanes) is 1. The molecular formula is C13H15ClO. The highest BCUT2D eigenvalue weighted by atomic mass is 35.5. The van der Waals surface area contributed by atoms with E-state index in [0.717, 1.165) is 18.4 Å². The van der Waals surface area contributed by atoms with Crippen LogP contribution in [0.1, 0.15) is 31.4 Å². The molecule has 1 atom stereocenters. The molecule has 0 saturated carbocycles. The molecule has 0 fully saturated rings. The Labute approximate surface area is 95.7 Å². The second-order valence-electron chi connectivity index (χ2n) is 3.32. The smallest absolute Gasteiger partial charge is 0.104 e. The van der Waals surface area contributed by atoms with E-state index in [9.17, 15) is 5.11 Å². The number of aliphatic hydroxyl groups excluding tert-OH is 1. The van der Waals surface area contributed by atoms with Crippen LogP contribution in [-0.2, 0) is 0 Å². The van der Waals surface area contributed by atoms with Gasteiger partial charge in [0.2, 0.25) is 0 Å². The predicted octanol–water partition coefficient (Wildman–Crippen LogP) is 3.88. The maximum Gasteiger partial charge on any atom is 0.104 e. The number of aliphatic hydroxyl groups is 1. The van der Waals surface area contributed by atoms with Crippen LogP contribution in [0.2, 0.25) is 5.02 Å². The van der Waals surface area contributed by atoms with E-state index in [0.29, 0.717) is 5.02 Å². The average molecular weight is 223 g/mol. The Morgan fingerprint density at radius 2 is 2.07 bits per heavy atom. The van der Waals surface area contributed by atoms with Gasteiger partial charge in [0.15, 0.2) is 0 Å². The molecule has 0 aliphatic heterocycles. The van der Waals surface area contributed by atoms with Crippen molar-refractivity contribution in [3.05, 3.63) is 52.7 Å². The number of benzene rings is 1. The van der Waals surface area contributed by atoms with Crippen molar-refractivity contribution >= 4 is 11.6 Å². The summed E-state index contributed by atoms with van der Waals surface area (Å²) in [6, 6.07) is 7.16. The molecule has 0 aliphatic carbocycles. The van der Waals surface area contributed by atoms with Crippen molar-refractivity contribution in [2.75, 3.05) is 0 Å². The summed E-state index contributed by atoms with van der Waals surface area (Å²) in [7, 11) is 0. The first-order chi connectivity index (χ1) is 7.24. The zero-order chi connectivity index (χ0) is 11.1. The van der Waals surface area contributed by atoms with Crippen molar-refractivity contribution in [3.8, 4) is 0 Å². The Balaban J connectivity index is 2.64. The average Bonchev–Trinajstić information content (AvgIpc) is 2.25. The monoisotopic (exact) mass is 222 g/mol. The zero-order valence-electron chi connectivity index (χ0n) is 8.78. The molecule has 1 aromatic rings. The first-order valence-corrected chi connectivity index (χ1v) is 5.46. The van der Waals surface area contributed by atoms with Crippen molar-refractivity contribution < 1.29 is 5.11 Å². The second kappa shape index (κ2) is 6.47. The second-order valence-corrected chi connectivity index (χ2v) is 3.76. The minimum absolute atomic E-state index is 0.602. The highest BCUT2D eigenvalue weighted by Crippen LogP contribution is 2.16. The van der Waals surface area contributed by atoms with Crippen molar-refractivity contribution in [1.82, 2.24) is 0 Å². The molecule has 1 N–H and O–H groups in total. The summed E-state index contributed by atoms with van der Waals surface area (Å²) in [5, 5.41) is 10.4. The van der Waals surface area contributed by atoms with Crippen molar-refractivity contribution in [2.24, 2.45) is 0 Å². The molecule has 0 saturated heterocycles. The van der Waals surface area contributed by atoms with Gasteiger partial charge in [-0.3, -0.25) is 0 Å². The molecule has 1 nitrogen and oxygen atoms in total. The Morgan fingerprint density at radius 1 is 1.40 bits per heavy atom. The third-order valence-corrected chi connectivity index (χ3v) is 2.27. The molecule has 0 amide bonds.